The van der Waals surface area contributed by atoms with E-state index in [2.05, 4.69) is 10.0 Å². The number of anilines is 3. The van der Waals surface area contributed by atoms with Gasteiger partial charge in [-0.2, -0.15) is 0 Å². The summed E-state index contributed by atoms with van der Waals surface area (Å²) in [6, 6.07) is 5.38. The van der Waals surface area contributed by atoms with Crippen LogP contribution in [-0.4, -0.2) is 13.9 Å². The molecule has 9 heteroatoms. The molecule has 122 valence electrons. The van der Waals surface area contributed by atoms with Gasteiger partial charge in [0, 0.05) is 17.8 Å². The maximum atomic E-state index is 12.0. The topological polar surface area (TPSA) is 118 Å². The molecule has 0 saturated carbocycles. The maximum absolute atomic E-state index is 12.0. The summed E-state index contributed by atoms with van der Waals surface area (Å²) in [5.41, 5.74) is -1.19. The van der Waals surface area contributed by atoms with Gasteiger partial charge < -0.3 is 5.32 Å². The Labute approximate surface area is 134 Å². The normalized spacial score (nSPS) is 12.8. The van der Waals surface area contributed by atoms with Crippen molar-refractivity contribution >= 4 is 33.7 Å². The van der Waals surface area contributed by atoms with Crippen LogP contribution in [0.1, 0.15) is 20.8 Å². The van der Waals surface area contributed by atoms with E-state index < -0.39 is 31.5 Å². The van der Waals surface area contributed by atoms with Crippen molar-refractivity contribution in [3.8, 4) is 0 Å². The molecule has 2 N–H and O–H groups in total. The lowest BCUT2D eigenvalue weighted by molar-refractivity contribution is -0.384. The quantitative estimate of drug-likeness (QED) is 0.488. The van der Waals surface area contributed by atoms with Crippen molar-refractivity contribution in [3.63, 3.8) is 0 Å². The Morgan fingerprint density at radius 1 is 1.04 bits per heavy atom. The molecule has 1 atom stereocenters. The summed E-state index contributed by atoms with van der Waals surface area (Å²) in [5.74, 6) is 0. The van der Waals surface area contributed by atoms with Gasteiger partial charge in [-0.15, -0.1) is 0 Å². The van der Waals surface area contributed by atoms with Gasteiger partial charge in [-0.25, -0.2) is 4.21 Å². The molecule has 0 spiro atoms. The Kier molecular flexibility index (Phi) is 4.33. The highest BCUT2D eigenvalue weighted by atomic mass is 32.2. The molecule has 0 aliphatic rings. The van der Waals surface area contributed by atoms with Crippen LogP contribution in [0.2, 0.25) is 0 Å². The summed E-state index contributed by atoms with van der Waals surface area (Å²) in [6.07, 6.45) is 0. The Morgan fingerprint density at radius 2 is 1.57 bits per heavy atom. The van der Waals surface area contributed by atoms with Crippen LogP contribution in [0.25, 0.3) is 0 Å². The molecule has 2 aromatic rings. The molecular weight excluding hydrogens is 322 g/mol. The van der Waals surface area contributed by atoms with Crippen LogP contribution in [0.4, 0.5) is 22.7 Å². The van der Waals surface area contributed by atoms with Gasteiger partial charge in [-0.05, 0) is 32.9 Å². The smallest absolute Gasteiger partial charge is 0.269 e. The van der Waals surface area contributed by atoms with E-state index >= 15 is 0 Å². The Morgan fingerprint density at radius 3 is 2.04 bits per heavy atom. The third-order valence-electron chi connectivity index (χ3n) is 3.01. The number of nitro benzene ring substituents is 1. The van der Waals surface area contributed by atoms with Crippen molar-refractivity contribution in [1.82, 2.24) is 0 Å². The fraction of sp³-hybridized carbons (Fsp3) is 0.286. The summed E-state index contributed by atoms with van der Waals surface area (Å²) in [5, 5.41) is 13.3. The predicted molar refractivity (Wildman–Crippen MR) is 89.3 cm³/mol. The Balaban J connectivity index is 2.23. The van der Waals surface area contributed by atoms with Crippen LogP contribution in [0.5, 0.6) is 0 Å². The molecule has 0 radical (unpaired) electrons. The second-order valence-corrected chi connectivity index (χ2v) is 7.79. The number of benzene rings is 1. The van der Waals surface area contributed by atoms with Crippen LogP contribution in [0.15, 0.2) is 33.9 Å². The van der Waals surface area contributed by atoms with Gasteiger partial charge >= 0.3 is 0 Å². The zero-order valence-electron chi connectivity index (χ0n) is 12.7. The number of nitrogens with zero attached hydrogens (tertiary/aromatic N) is 1. The first-order valence-corrected chi connectivity index (χ1v) is 7.79. The number of nitro groups is 1. The molecule has 0 fully saturated rings. The number of nitrogens with one attached hydrogen (secondary N) is 2. The van der Waals surface area contributed by atoms with Gasteiger partial charge in [0.15, 0.2) is 0 Å². The van der Waals surface area contributed by atoms with Gasteiger partial charge in [0.2, 0.25) is 0 Å². The average Bonchev–Trinajstić information content (AvgIpc) is 2.49. The van der Waals surface area contributed by atoms with Crippen molar-refractivity contribution in [2.24, 2.45) is 0 Å². The van der Waals surface area contributed by atoms with E-state index in [9.17, 15) is 23.9 Å². The third kappa shape index (κ3) is 3.45. The van der Waals surface area contributed by atoms with Gasteiger partial charge in [0.05, 0.1) is 9.67 Å². The summed E-state index contributed by atoms with van der Waals surface area (Å²) >= 11 is 0. The predicted octanol–water partition coefficient (Wildman–Crippen LogP) is 1.81. The summed E-state index contributed by atoms with van der Waals surface area (Å²) < 4.78 is 14.0. The Hall–Kier alpha value is -2.55. The van der Waals surface area contributed by atoms with Gasteiger partial charge in [0.25, 0.3) is 16.5 Å². The molecule has 23 heavy (non-hydrogen) atoms. The highest BCUT2D eigenvalue weighted by Gasteiger charge is 2.27. The zero-order chi connectivity index (χ0) is 17.4. The molecule has 0 saturated heterocycles. The number of hydrogen-bond donors (Lipinski definition) is 2. The van der Waals surface area contributed by atoms with Crippen molar-refractivity contribution in [2.75, 3.05) is 10.0 Å². The minimum atomic E-state index is -1.55. The summed E-state index contributed by atoms with van der Waals surface area (Å²) in [4.78, 5) is 33.4. The second kappa shape index (κ2) is 5.92. The van der Waals surface area contributed by atoms with E-state index in [0.717, 1.165) is 0 Å². The number of non-ortho nitro benzene ring substituents is 1. The lowest BCUT2D eigenvalue weighted by atomic mass is 10.2. The van der Waals surface area contributed by atoms with E-state index in [1.165, 1.54) is 24.3 Å². The lowest BCUT2D eigenvalue weighted by Gasteiger charge is -2.21. The van der Waals surface area contributed by atoms with Crippen molar-refractivity contribution in [2.45, 2.75) is 25.5 Å². The van der Waals surface area contributed by atoms with E-state index in [1.54, 1.807) is 20.8 Å². The number of hydrogen-bond acceptors (Lipinski definition) is 6. The number of rotatable bonds is 5. The fourth-order valence-electron chi connectivity index (χ4n) is 1.66. The molecule has 8 nitrogen and oxygen atoms in total. The van der Waals surface area contributed by atoms with E-state index in [-0.39, 0.29) is 17.1 Å². The van der Waals surface area contributed by atoms with Gasteiger partial charge in [-0.3, -0.25) is 24.4 Å². The molecule has 0 aromatic heterocycles. The monoisotopic (exact) mass is 337 g/mol. The molecule has 0 heterocycles. The lowest BCUT2D eigenvalue weighted by Crippen LogP contribution is -2.39. The second-order valence-electron chi connectivity index (χ2n) is 5.82. The van der Waals surface area contributed by atoms with E-state index in [4.69, 9.17) is 0 Å². The van der Waals surface area contributed by atoms with E-state index in [0.29, 0.717) is 5.69 Å². The highest BCUT2D eigenvalue weighted by molar-refractivity contribution is 7.87. The maximum Gasteiger partial charge on any atom is 0.269 e. The SMILES string of the molecule is CC(C)(C)[S@@](=O)Nc1c(Nc2ccc([N+](=O)[O-])cc2)c(=O)c1=O. The van der Waals surface area contributed by atoms with Crippen molar-refractivity contribution in [3.05, 3.63) is 54.8 Å². The van der Waals surface area contributed by atoms with Gasteiger partial charge in [-0.1, -0.05) is 0 Å². The fourth-order valence-corrected chi connectivity index (χ4v) is 2.35. The minimum Gasteiger partial charge on any atom is -0.350 e. The molecule has 0 aliphatic heterocycles. The zero-order valence-corrected chi connectivity index (χ0v) is 13.5. The molecule has 0 unspecified atom stereocenters. The van der Waals surface area contributed by atoms with Crippen LogP contribution >= 0.6 is 0 Å². The first-order valence-electron chi connectivity index (χ1n) is 6.64. The van der Waals surface area contributed by atoms with Crippen molar-refractivity contribution in [1.29, 1.82) is 0 Å². The minimum absolute atomic E-state index is 0.00135. The molecule has 0 bridgehead atoms. The first-order chi connectivity index (χ1) is 10.6. The van der Waals surface area contributed by atoms with Gasteiger partial charge in [0.1, 0.15) is 22.4 Å². The summed E-state index contributed by atoms with van der Waals surface area (Å²) in [7, 11) is -1.55. The molecule has 0 aliphatic carbocycles. The van der Waals surface area contributed by atoms with Crippen LogP contribution in [0, 0.1) is 10.1 Å². The van der Waals surface area contributed by atoms with E-state index in [1.807, 2.05) is 0 Å². The summed E-state index contributed by atoms with van der Waals surface area (Å²) in [6.45, 7) is 5.18. The third-order valence-corrected chi connectivity index (χ3v) is 4.51. The average molecular weight is 337 g/mol. The first kappa shape index (κ1) is 16.8. The largest absolute Gasteiger partial charge is 0.350 e. The highest BCUT2D eigenvalue weighted by Crippen LogP contribution is 2.24. The molecular formula is C14H15N3O5S. The molecule has 2 rings (SSSR count). The molecule has 2 aromatic carbocycles. The van der Waals surface area contributed by atoms with Crippen LogP contribution in [0.3, 0.4) is 0 Å². The van der Waals surface area contributed by atoms with Crippen LogP contribution < -0.4 is 20.9 Å². The standard InChI is InChI=1S/C14H15N3O5S/c1-14(2,3)23(22)16-11-10(12(18)13(11)19)15-8-4-6-9(7-5-8)17(20)21/h4-7,15-16H,1-3H3/t23-/m1/s1. The van der Waals surface area contributed by atoms with Crippen molar-refractivity contribution < 1.29 is 9.13 Å². The molecule has 0 amide bonds. The Bertz CT molecular complexity index is 845. The van der Waals surface area contributed by atoms with Crippen LogP contribution in [-0.2, 0) is 11.0 Å².